The molecule has 0 aliphatic carbocycles. The van der Waals surface area contributed by atoms with Gasteiger partial charge in [-0.15, -0.1) is 0 Å². The van der Waals surface area contributed by atoms with E-state index in [-0.39, 0.29) is 19.1 Å². The Kier molecular flexibility index (Phi) is 10.4. The quantitative estimate of drug-likeness (QED) is 0.414. The molecule has 3 atom stereocenters. The highest BCUT2D eigenvalue weighted by Crippen LogP contribution is 2.07. The first-order chi connectivity index (χ1) is 15.8. The first-order valence-electron chi connectivity index (χ1n) is 11.0. The molecular weight excluding hydrogens is 422 g/mol. The van der Waals surface area contributed by atoms with E-state index in [1.165, 1.54) is 6.92 Å². The number of alkyl carbamates (subject to hydrolysis) is 1. The van der Waals surface area contributed by atoms with Gasteiger partial charge in [-0.3, -0.25) is 9.59 Å². The molecule has 0 fully saturated rings. The Morgan fingerprint density at radius 1 is 0.818 bits per heavy atom. The normalized spacial score (nSPS) is 13.5. The van der Waals surface area contributed by atoms with Crippen molar-refractivity contribution in [2.45, 2.75) is 51.9 Å². The molecule has 0 aromatic heterocycles. The number of hydrogen-bond acceptors (Lipinski definition) is 5. The van der Waals surface area contributed by atoms with Crippen molar-refractivity contribution in [2.24, 2.45) is 5.92 Å². The SMILES string of the molecule is CC(C)[C@H](NC(=O)[C@@H](C)NC(=O)OCc1ccccc1)C(=O)N[C@H](CO)Cc1ccccc1. The van der Waals surface area contributed by atoms with Gasteiger partial charge in [0.25, 0.3) is 0 Å². The van der Waals surface area contributed by atoms with Crippen LogP contribution in [0.3, 0.4) is 0 Å². The van der Waals surface area contributed by atoms with Gasteiger partial charge in [0, 0.05) is 0 Å². The predicted octanol–water partition coefficient (Wildman–Crippen LogP) is 2.16. The average molecular weight is 456 g/mol. The summed E-state index contributed by atoms with van der Waals surface area (Å²) < 4.78 is 5.14. The van der Waals surface area contributed by atoms with Crippen LogP contribution in [-0.2, 0) is 27.4 Å². The van der Waals surface area contributed by atoms with Crippen molar-refractivity contribution in [1.82, 2.24) is 16.0 Å². The second-order valence-electron chi connectivity index (χ2n) is 8.24. The highest BCUT2D eigenvalue weighted by molar-refractivity contribution is 5.91. The molecule has 0 spiro atoms. The second-order valence-corrected chi connectivity index (χ2v) is 8.24. The summed E-state index contributed by atoms with van der Waals surface area (Å²) in [4.78, 5) is 37.5. The van der Waals surface area contributed by atoms with Crippen molar-refractivity contribution in [3.8, 4) is 0 Å². The Bertz CT molecular complexity index is 889. The summed E-state index contributed by atoms with van der Waals surface area (Å²) in [5.41, 5.74) is 1.81. The van der Waals surface area contributed by atoms with E-state index < -0.39 is 36.0 Å². The van der Waals surface area contributed by atoms with E-state index in [4.69, 9.17) is 4.74 Å². The molecule has 0 saturated heterocycles. The monoisotopic (exact) mass is 455 g/mol. The topological polar surface area (TPSA) is 117 Å². The van der Waals surface area contributed by atoms with Crippen molar-refractivity contribution < 1.29 is 24.2 Å². The Morgan fingerprint density at radius 2 is 1.39 bits per heavy atom. The van der Waals surface area contributed by atoms with Crippen molar-refractivity contribution in [3.05, 3.63) is 71.8 Å². The molecule has 0 heterocycles. The van der Waals surface area contributed by atoms with Gasteiger partial charge in [-0.2, -0.15) is 0 Å². The van der Waals surface area contributed by atoms with Crippen LogP contribution in [0.2, 0.25) is 0 Å². The molecule has 2 rings (SSSR count). The number of aliphatic hydroxyl groups is 1. The Hall–Kier alpha value is -3.39. The first kappa shape index (κ1) is 25.9. The predicted molar refractivity (Wildman–Crippen MR) is 125 cm³/mol. The number of benzene rings is 2. The van der Waals surface area contributed by atoms with Gasteiger partial charge in [-0.05, 0) is 30.4 Å². The Balaban J connectivity index is 1.87. The van der Waals surface area contributed by atoms with E-state index >= 15 is 0 Å². The van der Waals surface area contributed by atoms with E-state index in [0.29, 0.717) is 6.42 Å². The average Bonchev–Trinajstić information content (AvgIpc) is 2.81. The smallest absolute Gasteiger partial charge is 0.408 e. The number of carbonyl (C=O) groups is 3. The fraction of sp³-hybridized carbons (Fsp3) is 0.400. The molecule has 0 aliphatic rings. The molecule has 0 unspecified atom stereocenters. The third-order valence-electron chi connectivity index (χ3n) is 5.08. The number of ether oxygens (including phenoxy) is 1. The number of hydrogen-bond donors (Lipinski definition) is 4. The van der Waals surface area contributed by atoms with Gasteiger partial charge < -0.3 is 25.8 Å². The van der Waals surface area contributed by atoms with E-state index in [2.05, 4.69) is 16.0 Å². The van der Waals surface area contributed by atoms with E-state index in [1.807, 2.05) is 74.5 Å². The zero-order chi connectivity index (χ0) is 24.2. The van der Waals surface area contributed by atoms with E-state index in [1.54, 1.807) is 0 Å². The maximum Gasteiger partial charge on any atom is 0.408 e. The number of rotatable bonds is 11. The van der Waals surface area contributed by atoms with Crippen LogP contribution in [0.15, 0.2) is 60.7 Å². The van der Waals surface area contributed by atoms with Crippen LogP contribution in [0, 0.1) is 5.92 Å². The van der Waals surface area contributed by atoms with Crippen molar-refractivity contribution in [2.75, 3.05) is 6.61 Å². The van der Waals surface area contributed by atoms with Gasteiger partial charge in [0.15, 0.2) is 0 Å². The number of carbonyl (C=O) groups excluding carboxylic acids is 3. The van der Waals surface area contributed by atoms with Gasteiger partial charge in [-0.25, -0.2) is 4.79 Å². The molecule has 3 amide bonds. The zero-order valence-electron chi connectivity index (χ0n) is 19.3. The lowest BCUT2D eigenvalue weighted by Gasteiger charge is -2.26. The minimum atomic E-state index is -0.903. The summed E-state index contributed by atoms with van der Waals surface area (Å²) >= 11 is 0. The molecule has 8 heteroatoms. The molecule has 2 aromatic rings. The van der Waals surface area contributed by atoms with E-state index in [9.17, 15) is 19.5 Å². The molecular formula is C25H33N3O5. The molecule has 2 aromatic carbocycles. The van der Waals surface area contributed by atoms with Crippen LogP contribution < -0.4 is 16.0 Å². The molecule has 178 valence electrons. The molecule has 8 nitrogen and oxygen atoms in total. The molecule has 4 N–H and O–H groups in total. The molecule has 0 saturated carbocycles. The summed E-state index contributed by atoms with van der Waals surface area (Å²) in [6.45, 7) is 4.98. The summed E-state index contributed by atoms with van der Waals surface area (Å²) in [6, 6.07) is 16.5. The van der Waals surface area contributed by atoms with Gasteiger partial charge in [-0.1, -0.05) is 74.5 Å². The minimum Gasteiger partial charge on any atom is -0.445 e. The molecule has 33 heavy (non-hydrogen) atoms. The van der Waals surface area contributed by atoms with Gasteiger partial charge in [0.1, 0.15) is 18.7 Å². The van der Waals surface area contributed by atoms with Crippen LogP contribution in [0.5, 0.6) is 0 Å². The second kappa shape index (κ2) is 13.2. The maximum atomic E-state index is 12.8. The van der Waals surface area contributed by atoms with Gasteiger partial charge in [0.2, 0.25) is 11.8 Å². The Morgan fingerprint density at radius 3 is 1.94 bits per heavy atom. The fourth-order valence-corrected chi connectivity index (χ4v) is 3.17. The lowest BCUT2D eigenvalue weighted by Crippen LogP contribution is -2.56. The summed E-state index contributed by atoms with van der Waals surface area (Å²) in [5, 5.41) is 17.7. The van der Waals surface area contributed by atoms with Crippen molar-refractivity contribution in [1.29, 1.82) is 0 Å². The summed E-state index contributed by atoms with van der Waals surface area (Å²) in [7, 11) is 0. The van der Waals surface area contributed by atoms with Crippen LogP contribution in [-0.4, -0.2) is 47.7 Å². The largest absolute Gasteiger partial charge is 0.445 e. The van der Waals surface area contributed by atoms with Crippen molar-refractivity contribution in [3.63, 3.8) is 0 Å². The number of amides is 3. The van der Waals surface area contributed by atoms with E-state index in [0.717, 1.165) is 11.1 Å². The molecule has 0 bridgehead atoms. The minimum absolute atomic E-state index is 0.0853. The maximum absolute atomic E-state index is 12.8. The van der Waals surface area contributed by atoms with Crippen LogP contribution in [0.1, 0.15) is 31.9 Å². The summed E-state index contributed by atoms with van der Waals surface area (Å²) in [6.07, 6.45) is -0.261. The zero-order valence-corrected chi connectivity index (χ0v) is 19.3. The molecule has 0 aliphatic heterocycles. The number of nitrogens with one attached hydrogen (secondary N) is 3. The first-order valence-corrected chi connectivity index (χ1v) is 11.0. The lowest BCUT2D eigenvalue weighted by atomic mass is 10.0. The number of aliphatic hydroxyl groups excluding tert-OH is 1. The standard InChI is InChI=1S/C25H33N3O5/c1-17(2)22(24(31)27-21(15-29)14-19-10-6-4-7-11-19)28-23(30)18(3)26-25(32)33-16-20-12-8-5-9-13-20/h4-13,17-18,21-22,29H,14-16H2,1-3H3,(H,26,32)(H,27,31)(H,28,30)/t18-,21+,22+/m1/s1. The molecule has 0 radical (unpaired) electrons. The fourth-order valence-electron chi connectivity index (χ4n) is 3.17. The van der Waals surface area contributed by atoms with Crippen molar-refractivity contribution >= 4 is 17.9 Å². The van der Waals surface area contributed by atoms with Crippen LogP contribution in [0.4, 0.5) is 4.79 Å². The third-order valence-corrected chi connectivity index (χ3v) is 5.08. The Labute approximate surface area is 194 Å². The third kappa shape index (κ3) is 8.94. The highest BCUT2D eigenvalue weighted by Gasteiger charge is 2.28. The highest BCUT2D eigenvalue weighted by atomic mass is 16.5. The van der Waals surface area contributed by atoms with Crippen LogP contribution >= 0.6 is 0 Å². The van der Waals surface area contributed by atoms with Gasteiger partial charge in [0.05, 0.1) is 12.6 Å². The van der Waals surface area contributed by atoms with Gasteiger partial charge >= 0.3 is 6.09 Å². The van der Waals surface area contributed by atoms with Crippen LogP contribution in [0.25, 0.3) is 0 Å². The lowest BCUT2D eigenvalue weighted by molar-refractivity contribution is -0.131. The summed E-state index contributed by atoms with van der Waals surface area (Å²) in [5.74, 6) is -1.11.